The minimum Gasteiger partial charge on any atom is -0.356 e. The molecule has 0 aliphatic heterocycles. The zero-order valence-corrected chi connectivity index (χ0v) is 14.2. The molecule has 0 bridgehead atoms. The number of rotatable bonds is 12. The Morgan fingerprint density at radius 3 is 1.91 bits per heavy atom. The lowest BCUT2D eigenvalue weighted by molar-refractivity contribution is -0.131. The maximum absolute atomic E-state index is 12.0. The van der Waals surface area contributed by atoms with Crippen LogP contribution in [0.1, 0.15) is 65.7 Å². The Morgan fingerprint density at radius 2 is 1.41 bits per heavy atom. The van der Waals surface area contributed by atoms with Crippen LogP contribution in [0.15, 0.2) is 0 Å². The first-order chi connectivity index (χ1) is 10.5. The molecule has 0 spiro atoms. The third kappa shape index (κ3) is 11.1. The molecule has 0 aromatic heterocycles. The van der Waals surface area contributed by atoms with Crippen LogP contribution in [0.25, 0.3) is 0 Å². The Kier molecular flexibility index (Phi) is 12.2. The third-order valence-electron chi connectivity index (χ3n) is 3.27. The van der Waals surface area contributed by atoms with Crippen LogP contribution < -0.4 is 16.0 Å². The molecular weight excluding hydrogens is 282 g/mol. The van der Waals surface area contributed by atoms with Crippen molar-refractivity contribution in [1.82, 2.24) is 16.0 Å². The van der Waals surface area contributed by atoms with Gasteiger partial charge in [0.05, 0.1) is 6.42 Å². The van der Waals surface area contributed by atoms with Crippen molar-refractivity contribution in [2.45, 2.75) is 71.8 Å². The van der Waals surface area contributed by atoms with Gasteiger partial charge in [0.1, 0.15) is 6.04 Å². The highest BCUT2D eigenvalue weighted by Crippen LogP contribution is 1.97. The second kappa shape index (κ2) is 13.1. The molecule has 0 saturated carbocycles. The second-order valence-electron chi connectivity index (χ2n) is 5.51. The highest BCUT2D eigenvalue weighted by molar-refractivity contribution is 5.91. The van der Waals surface area contributed by atoms with Crippen molar-refractivity contribution < 1.29 is 14.4 Å². The fourth-order valence-corrected chi connectivity index (χ4v) is 2.02. The van der Waals surface area contributed by atoms with Gasteiger partial charge >= 0.3 is 0 Å². The van der Waals surface area contributed by atoms with Gasteiger partial charge in [0.2, 0.25) is 17.7 Å². The summed E-state index contributed by atoms with van der Waals surface area (Å²) in [6.45, 7) is 6.71. The highest BCUT2D eigenvalue weighted by Gasteiger charge is 2.22. The van der Waals surface area contributed by atoms with Gasteiger partial charge in [-0.15, -0.1) is 0 Å². The number of carbonyl (C=O) groups is 3. The van der Waals surface area contributed by atoms with Crippen LogP contribution in [-0.2, 0) is 14.4 Å². The summed E-state index contributed by atoms with van der Waals surface area (Å²) in [5.41, 5.74) is 0. The number of carbonyl (C=O) groups excluding carboxylic acids is 3. The molecule has 0 heterocycles. The van der Waals surface area contributed by atoms with E-state index in [0.29, 0.717) is 13.1 Å². The lowest BCUT2D eigenvalue weighted by atomic mass is 10.1. The largest absolute Gasteiger partial charge is 0.356 e. The van der Waals surface area contributed by atoms with Gasteiger partial charge in [-0.3, -0.25) is 14.4 Å². The Hall–Kier alpha value is -1.59. The first-order valence-electron chi connectivity index (χ1n) is 8.32. The summed E-state index contributed by atoms with van der Waals surface area (Å²) in [4.78, 5) is 35.1. The van der Waals surface area contributed by atoms with E-state index in [1.165, 1.54) is 6.92 Å². The van der Waals surface area contributed by atoms with Crippen LogP contribution >= 0.6 is 0 Å². The van der Waals surface area contributed by atoms with Gasteiger partial charge in [-0.25, -0.2) is 0 Å². The lowest BCUT2D eigenvalue weighted by Crippen LogP contribution is -2.48. The summed E-state index contributed by atoms with van der Waals surface area (Å²) >= 11 is 0. The first-order valence-corrected chi connectivity index (χ1v) is 8.32. The average Bonchev–Trinajstić information content (AvgIpc) is 2.47. The van der Waals surface area contributed by atoms with Crippen LogP contribution in [0.3, 0.4) is 0 Å². The van der Waals surface area contributed by atoms with E-state index in [-0.39, 0.29) is 24.1 Å². The van der Waals surface area contributed by atoms with Crippen molar-refractivity contribution in [3.8, 4) is 0 Å². The molecule has 3 N–H and O–H groups in total. The van der Waals surface area contributed by atoms with Crippen molar-refractivity contribution in [2.24, 2.45) is 0 Å². The number of hydrogen-bond acceptors (Lipinski definition) is 3. The zero-order chi connectivity index (χ0) is 16.8. The van der Waals surface area contributed by atoms with Crippen LogP contribution in [0.5, 0.6) is 0 Å². The molecule has 22 heavy (non-hydrogen) atoms. The van der Waals surface area contributed by atoms with Gasteiger partial charge in [-0.2, -0.15) is 0 Å². The summed E-state index contributed by atoms with van der Waals surface area (Å²) in [5, 5.41) is 8.09. The maximum Gasteiger partial charge on any atom is 0.243 e. The van der Waals surface area contributed by atoms with Crippen molar-refractivity contribution in [2.75, 3.05) is 13.1 Å². The van der Waals surface area contributed by atoms with E-state index in [0.717, 1.165) is 38.5 Å². The van der Waals surface area contributed by atoms with E-state index in [2.05, 4.69) is 29.8 Å². The molecular formula is C16H31N3O3. The van der Waals surface area contributed by atoms with Crippen molar-refractivity contribution in [3.05, 3.63) is 0 Å². The van der Waals surface area contributed by atoms with E-state index in [9.17, 15) is 14.4 Å². The third-order valence-corrected chi connectivity index (χ3v) is 3.27. The van der Waals surface area contributed by atoms with Gasteiger partial charge in [-0.1, -0.05) is 39.5 Å². The Bertz CT molecular complexity index is 346. The van der Waals surface area contributed by atoms with Gasteiger partial charge in [-0.05, 0) is 12.8 Å². The molecule has 0 unspecified atom stereocenters. The SMILES string of the molecule is CCCCCNC(=O)C[C@H](NC(C)=O)C(=O)NCCCCC. The quantitative estimate of drug-likeness (QED) is 0.477. The fourth-order valence-electron chi connectivity index (χ4n) is 2.02. The molecule has 3 amide bonds. The minimum atomic E-state index is -0.801. The van der Waals surface area contributed by atoms with E-state index >= 15 is 0 Å². The lowest BCUT2D eigenvalue weighted by Gasteiger charge is -2.17. The molecule has 6 nitrogen and oxygen atoms in total. The normalized spacial score (nSPS) is 11.6. The smallest absolute Gasteiger partial charge is 0.243 e. The monoisotopic (exact) mass is 313 g/mol. The molecule has 0 fully saturated rings. The summed E-state index contributed by atoms with van der Waals surface area (Å²) in [6.07, 6.45) is 6.08. The van der Waals surface area contributed by atoms with Crippen LogP contribution in [0.4, 0.5) is 0 Å². The topological polar surface area (TPSA) is 87.3 Å². The van der Waals surface area contributed by atoms with Gasteiger partial charge in [0.25, 0.3) is 0 Å². The number of hydrogen-bond donors (Lipinski definition) is 3. The molecule has 0 radical (unpaired) electrons. The molecule has 1 atom stereocenters. The van der Waals surface area contributed by atoms with E-state index < -0.39 is 6.04 Å². The van der Waals surface area contributed by atoms with E-state index in [1.54, 1.807) is 0 Å². The van der Waals surface area contributed by atoms with Crippen LogP contribution in [-0.4, -0.2) is 36.9 Å². The second-order valence-corrected chi connectivity index (χ2v) is 5.51. The molecule has 6 heteroatoms. The Labute approximate surface area is 133 Å². The Morgan fingerprint density at radius 1 is 0.864 bits per heavy atom. The molecule has 0 aromatic rings. The fraction of sp³-hybridized carbons (Fsp3) is 0.812. The summed E-state index contributed by atoms with van der Waals surface area (Å²) in [6, 6.07) is -0.801. The predicted molar refractivity (Wildman–Crippen MR) is 87.3 cm³/mol. The number of nitrogens with one attached hydrogen (secondary N) is 3. The zero-order valence-electron chi connectivity index (χ0n) is 14.2. The molecule has 128 valence electrons. The molecule has 0 aliphatic rings. The van der Waals surface area contributed by atoms with Crippen molar-refractivity contribution in [3.63, 3.8) is 0 Å². The number of unbranched alkanes of at least 4 members (excludes halogenated alkanes) is 4. The van der Waals surface area contributed by atoms with Crippen molar-refractivity contribution in [1.29, 1.82) is 0 Å². The van der Waals surface area contributed by atoms with Crippen molar-refractivity contribution >= 4 is 17.7 Å². The van der Waals surface area contributed by atoms with Gasteiger partial charge < -0.3 is 16.0 Å². The van der Waals surface area contributed by atoms with Crippen LogP contribution in [0, 0.1) is 0 Å². The first kappa shape index (κ1) is 20.4. The van der Waals surface area contributed by atoms with Gasteiger partial charge in [0.15, 0.2) is 0 Å². The Balaban J connectivity index is 4.22. The molecule has 0 rings (SSSR count). The highest BCUT2D eigenvalue weighted by atomic mass is 16.2. The minimum absolute atomic E-state index is 0.0225. The molecule has 0 saturated heterocycles. The summed E-state index contributed by atoms with van der Waals surface area (Å²) in [7, 11) is 0. The maximum atomic E-state index is 12.0. The van der Waals surface area contributed by atoms with E-state index in [4.69, 9.17) is 0 Å². The summed E-state index contributed by atoms with van der Waals surface area (Å²) in [5.74, 6) is -0.818. The number of amides is 3. The van der Waals surface area contributed by atoms with Crippen LogP contribution in [0.2, 0.25) is 0 Å². The molecule has 0 aromatic carbocycles. The molecule has 0 aliphatic carbocycles. The standard InChI is InChI=1S/C16H31N3O3/c1-4-6-8-10-17-15(21)12-14(19-13(3)20)16(22)18-11-9-7-5-2/h14H,4-12H2,1-3H3,(H,17,21)(H,18,22)(H,19,20)/t14-/m0/s1. The van der Waals surface area contributed by atoms with Gasteiger partial charge in [0, 0.05) is 20.0 Å². The summed E-state index contributed by atoms with van der Waals surface area (Å²) < 4.78 is 0. The predicted octanol–water partition coefficient (Wildman–Crippen LogP) is 1.49. The average molecular weight is 313 g/mol. The van der Waals surface area contributed by atoms with E-state index in [1.807, 2.05) is 0 Å².